The van der Waals surface area contributed by atoms with E-state index in [4.69, 9.17) is 5.73 Å². The van der Waals surface area contributed by atoms with Gasteiger partial charge in [-0.05, 0) is 49.1 Å². The van der Waals surface area contributed by atoms with Crippen LogP contribution in [0.1, 0.15) is 39.9 Å². The molecule has 1 aliphatic carbocycles. The van der Waals surface area contributed by atoms with E-state index >= 15 is 0 Å². The Morgan fingerprint density at radius 2 is 1.88 bits per heavy atom. The van der Waals surface area contributed by atoms with Crippen molar-refractivity contribution in [3.8, 4) is 0 Å². The summed E-state index contributed by atoms with van der Waals surface area (Å²) in [6.45, 7) is 2.12. The fourth-order valence-corrected chi connectivity index (χ4v) is 2.97. The van der Waals surface area contributed by atoms with E-state index in [-0.39, 0.29) is 18.3 Å². The minimum absolute atomic E-state index is 0. The summed E-state index contributed by atoms with van der Waals surface area (Å²) in [5.74, 6) is -0.261. The first-order valence-corrected chi connectivity index (χ1v) is 8.03. The van der Waals surface area contributed by atoms with Gasteiger partial charge in [0.05, 0.1) is 5.56 Å². The maximum absolute atomic E-state index is 12.9. The molecule has 3 nitrogen and oxygen atoms in total. The van der Waals surface area contributed by atoms with Crippen molar-refractivity contribution in [3.05, 3.63) is 64.7 Å². The summed E-state index contributed by atoms with van der Waals surface area (Å²) in [4.78, 5) is 12.4. The van der Waals surface area contributed by atoms with Crippen LogP contribution in [0.4, 0.5) is 18.9 Å². The summed E-state index contributed by atoms with van der Waals surface area (Å²) in [6, 6.07) is 10.5. The largest absolute Gasteiger partial charge is 0.416 e. The number of nitrogens with two attached hydrogens (primary N) is 1. The zero-order valence-corrected chi connectivity index (χ0v) is 15.0. The van der Waals surface area contributed by atoms with Crippen LogP contribution in [0, 0.1) is 6.92 Å². The summed E-state index contributed by atoms with van der Waals surface area (Å²) >= 11 is 0. The Labute approximate surface area is 156 Å². The Morgan fingerprint density at radius 3 is 2.50 bits per heavy atom. The number of alkyl halides is 3. The van der Waals surface area contributed by atoms with E-state index in [2.05, 4.69) is 5.32 Å². The van der Waals surface area contributed by atoms with Gasteiger partial charge in [-0.1, -0.05) is 24.3 Å². The lowest BCUT2D eigenvalue weighted by Crippen LogP contribution is -2.32. The Bertz CT molecular complexity index is 817. The summed E-state index contributed by atoms with van der Waals surface area (Å²) in [5, 5.41) is 2.85. The number of nitrogen functional groups attached to an aromatic ring is 1. The summed E-state index contributed by atoms with van der Waals surface area (Å²) in [7, 11) is 0. The first-order chi connectivity index (χ1) is 11.7. The van der Waals surface area contributed by atoms with Gasteiger partial charge in [-0.2, -0.15) is 13.2 Å². The smallest absolute Gasteiger partial charge is 0.399 e. The number of carbonyl (C=O) groups excluding carboxylic acids is 1. The van der Waals surface area contributed by atoms with Gasteiger partial charge in [-0.3, -0.25) is 4.79 Å². The molecular formula is C19H20ClF3N2O. The Kier molecular flexibility index (Phi) is 5.56. The van der Waals surface area contributed by atoms with Gasteiger partial charge in [-0.25, -0.2) is 0 Å². The molecule has 0 heterocycles. The second-order valence-corrected chi connectivity index (χ2v) is 6.62. The monoisotopic (exact) mass is 384 g/mol. The normalized spacial score (nSPS) is 15.1. The fourth-order valence-electron chi connectivity index (χ4n) is 2.97. The molecule has 1 saturated carbocycles. The van der Waals surface area contributed by atoms with Crippen molar-refractivity contribution in [2.75, 3.05) is 12.3 Å². The fraction of sp³-hybridized carbons (Fsp3) is 0.316. The lowest BCUT2D eigenvalue weighted by Gasteiger charge is -2.19. The van der Waals surface area contributed by atoms with Crippen LogP contribution in [-0.4, -0.2) is 12.5 Å². The van der Waals surface area contributed by atoms with Gasteiger partial charge in [0.2, 0.25) is 0 Å². The molecule has 1 aliphatic rings. The van der Waals surface area contributed by atoms with Crippen LogP contribution in [0.5, 0.6) is 0 Å². The molecule has 0 saturated heterocycles. The number of hydrogen-bond acceptors (Lipinski definition) is 2. The van der Waals surface area contributed by atoms with Gasteiger partial charge in [0.1, 0.15) is 0 Å². The third kappa shape index (κ3) is 4.12. The SMILES string of the molecule is Cc1ccc(N)cc1C(=O)NCC1(c2cccc(C(F)(F)F)c2)CC1.Cl. The van der Waals surface area contributed by atoms with E-state index < -0.39 is 17.2 Å². The third-order valence-electron chi connectivity index (χ3n) is 4.75. The number of nitrogens with one attached hydrogen (secondary N) is 1. The average Bonchev–Trinajstić information content (AvgIpc) is 3.35. The molecule has 0 radical (unpaired) electrons. The highest BCUT2D eigenvalue weighted by molar-refractivity contribution is 5.96. The predicted octanol–water partition coefficient (Wildman–Crippen LogP) is 4.48. The van der Waals surface area contributed by atoms with Crippen molar-refractivity contribution >= 4 is 24.0 Å². The molecule has 2 aromatic carbocycles. The van der Waals surface area contributed by atoms with E-state index in [1.165, 1.54) is 12.1 Å². The summed E-state index contributed by atoms with van der Waals surface area (Å²) in [5.41, 5.74) is 7.05. The van der Waals surface area contributed by atoms with E-state index in [1.807, 2.05) is 6.92 Å². The molecule has 0 aromatic heterocycles. The number of hydrogen-bond donors (Lipinski definition) is 2. The minimum Gasteiger partial charge on any atom is -0.399 e. The number of benzene rings is 2. The first-order valence-electron chi connectivity index (χ1n) is 8.03. The molecule has 0 bridgehead atoms. The lowest BCUT2D eigenvalue weighted by molar-refractivity contribution is -0.137. The van der Waals surface area contributed by atoms with Crippen molar-refractivity contribution < 1.29 is 18.0 Å². The highest BCUT2D eigenvalue weighted by Crippen LogP contribution is 2.48. The molecule has 0 unspecified atom stereocenters. The Hall–Kier alpha value is -2.21. The second-order valence-electron chi connectivity index (χ2n) is 6.62. The van der Waals surface area contributed by atoms with Crippen LogP contribution in [0.25, 0.3) is 0 Å². The molecule has 2 aromatic rings. The van der Waals surface area contributed by atoms with Crippen LogP contribution >= 0.6 is 12.4 Å². The Morgan fingerprint density at radius 1 is 1.19 bits per heavy atom. The van der Waals surface area contributed by atoms with Gasteiger partial charge in [0, 0.05) is 23.2 Å². The van der Waals surface area contributed by atoms with Crippen molar-refractivity contribution in [2.24, 2.45) is 0 Å². The lowest BCUT2D eigenvalue weighted by atomic mass is 9.94. The van der Waals surface area contributed by atoms with Crippen LogP contribution in [0.2, 0.25) is 0 Å². The zero-order valence-electron chi connectivity index (χ0n) is 14.2. The summed E-state index contributed by atoms with van der Waals surface area (Å²) < 4.78 is 38.7. The molecule has 1 amide bonds. The van der Waals surface area contributed by atoms with Gasteiger partial charge in [-0.15, -0.1) is 12.4 Å². The molecule has 140 valence electrons. The number of amides is 1. The van der Waals surface area contributed by atoms with Crippen LogP contribution < -0.4 is 11.1 Å². The van der Waals surface area contributed by atoms with Crippen LogP contribution in [-0.2, 0) is 11.6 Å². The standard InChI is InChI=1S/C19H19F3N2O.ClH/c1-12-5-6-15(23)10-16(12)17(25)24-11-18(7-8-18)13-3-2-4-14(9-13)19(20,21)22;/h2-6,9-10H,7-8,11,23H2,1H3,(H,24,25);1H. The molecule has 3 rings (SSSR count). The highest BCUT2D eigenvalue weighted by atomic mass is 35.5. The molecule has 0 aliphatic heterocycles. The molecule has 0 atom stereocenters. The van der Waals surface area contributed by atoms with E-state index in [0.29, 0.717) is 23.4 Å². The van der Waals surface area contributed by atoms with E-state index in [9.17, 15) is 18.0 Å². The topological polar surface area (TPSA) is 55.1 Å². The molecule has 7 heteroatoms. The van der Waals surface area contributed by atoms with Gasteiger partial charge < -0.3 is 11.1 Å². The third-order valence-corrected chi connectivity index (χ3v) is 4.75. The second kappa shape index (κ2) is 7.19. The van der Waals surface area contributed by atoms with Gasteiger partial charge in [0.25, 0.3) is 5.91 Å². The summed E-state index contributed by atoms with van der Waals surface area (Å²) in [6.07, 6.45) is -2.86. The molecule has 1 fully saturated rings. The van der Waals surface area contributed by atoms with E-state index in [0.717, 1.165) is 24.5 Å². The predicted molar refractivity (Wildman–Crippen MR) is 97.5 cm³/mol. The van der Waals surface area contributed by atoms with Crippen molar-refractivity contribution in [1.82, 2.24) is 5.32 Å². The van der Waals surface area contributed by atoms with Crippen LogP contribution in [0.15, 0.2) is 42.5 Å². The number of halogens is 4. The first kappa shape index (κ1) is 20.1. The number of anilines is 1. The number of rotatable bonds is 4. The zero-order chi connectivity index (χ0) is 18.2. The van der Waals surface area contributed by atoms with Crippen molar-refractivity contribution in [1.29, 1.82) is 0 Å². The van der Waals surface area contributed by atoms with Crippen LogP contribution in [0.3, 0.4) is 0 Å². The maximum atomic E-state index is 12.9. The van der Waals surface area contributed by atoms with E-state index in [1.54, 1.807) is 24.3 Å². The quantitative estimate of drug-likeness (QED) is 0.763. The van der Waals surface area contributed by atoms with Crippen molar-refractivity contribution in [3.63, 3.8) is 0 Å². The molecular weight excluding hydrogens is 365 g/mol. The average molecular weight is 385 g/mol. The maximum Gasteiger partial charge on any atom is 0.416 e. The van der Waals surface area contributed by atoms with Gasteiger partial charge >= 0.3 is 6.18 Å². The minimum atomic E-state index is -4.37. The van der Waals surface area contributed by atoms with Gasteiger partial charge in [0.15, 0.2) is 0 Å². The number of aryl methyl sites for hydroxylation is 1. The molecule has 0 spiro atoms. The molecule has 3 N–H and O–H groups in total. The van der Waals surface area contributed by atoms with Crippen molar-refractivity contribution in [2.45, 2.75) is 31.4 Å². The molecule has 26 heavy (non-hydrogen) atoms. The highest BCUT2D eigenvalue weighted by Gasteiger charge is 2.45. The Balaban J connectivity index is 0.00000243. The number of carbonyl (C=O) groups is 1.